The fourth-order valence-corrected chi connectivity index (χ4v) is 4.21. The van der Waals surface area contributed by atoms with E-state index in [1.54, 1.807) is 11.8 Å². The van der Waals surface area contributed by atoms with Crippen LogP contribution in [0.4, 0.5) is 0 Å². The lowest BCUT2D eigenvalue weighted by molar-refractivity contribution is -0.137. The van der Waals surface area contributed by atoms with Crippen LogP contribution in [0.3, 0.4) is 0 Å². The monoisotopic (exact) mass is 337 g/mol. The highest BCUT2D eigenvalue weighted by molar-refractivity contribution is 5.66. The van der Waals surface area contributed by atoms with Gasteiger partial charge in [0.1, 0.15) is 0 Å². The minimum absolute atomic E-state index is 0.0473. The van der Waals surface area contributed by atoms with Gasteiger partial charge < -0.3 is 14.6 Å². The topological polar surface area (TPSA) is 76.8 Å². The average molecular weight is 337 g/mol. The van der Waals surface area contributed by atoms with Gasteiger partial charge in [0.25, 0.3) is 0 Å². The summed E-state index contributed by atoms with van der Waals surface area (Å²) in [5.74, 6) is -0.802. The summed E-state index contributed by atoms with van der Waals surface area (Å²) in [6.07, 6.45) is 8.34. The van der Waals surface area contributed by atoms with Crippen LogP contribution < -0.4 is 0 Å². The number of aromatic nitrogens is 2. The lowest BCUT2D eigenvalue weighted by atomic mass is 9.79. The van der Waals surface area contributed by atoms with Crippen LogP contribution >= 0.6 is 0 Å². The molecular formula is C17H27N3O4. The van der Waals surface area contributed by atoms with Gasteiger partial charge in [-0.2, -0.15) is 5.10 Å². The molecule has 2 heterocycles. The van der Waals surface area contributed by atoms with E-state index in [0.717, 1.165) is 44.3 Å². The fourth-order valence-electron chi connectivity index (χ4n) is 4.21. The summed E-state index contributed by atoms with van der Waals surface area (Å²) < 4.78 is 13.3. The Kier molecular flexibility index (Phi) is 5.22. The molecule has 3 atom stereocenters. The van der Waals surface area contributed by atoms with Crippen molar-refractivity contribution in [2.45, 2.75) is 62.9 Å². The lowest BCUT2D eigenvalue weighted by Gasteiger charge is -2.43. The molecule has 0 aromatic carbocycles. The number of likely N-dealkylation sites (tertiary alicyclic amines) is 1. The average Bonchev–Trinajstić information content (AvgIpc) is 3.18. The van der Waals surface area contributed by atoms with Crippen LogP contribution in [0.15, 0.2) is 12.4 Å². The number of carboxylic acid groups (broad SMARTS) is 1. The number of ether oxygens (including phenoxy) is 2. The molecule has 1 aromatic rings. The first-order chi connectivity index (χ1) is 11.6. The molecule has 134 valence electrons. The third-order valence-electron chi connectivity index (χ3n) is 5.61. The molecule has 0 spiro atoms. The van der Waals surface area contributed by atoms with E-state index in [9.17, 15) is 4.79 Å². The molecule has 7 nitrogen and oxygen atoms in total. The van der Waals surface area contributed by atoms with E-state index >= 15 is 0 Å². The molecule has 3 rings (SSSR count). The number of nitrogens with zero attached hydrogens (tertiary/aromatic N) is 3. The van der Waals surface area contributed by atoms with E-state index in [1.807, 2.05) is 19.5 Å². The maximum Gasteiger partial charge on any atom is 0.305 e. The Balaban J connectivity index is 1.65. The minimum atomic E-state index is -0.802. The van der Waals surface area contributed by atoms with Gasteiger partial charge in [0.15, 0.2) is 0 Å². The molecule has 1 N–H and O–H groups in total. The molecule has 24 heavy (non-hydrogen) atoms. The second kappa shape index (κ2) is 7.21. The molecule has 1 saturated heterocycles. The van der Waals surface area contributed by atoms with Gasteiger partial charge in [-0.25, -0.2) is 0 Å². The highest BCUT2D eigenvalue weighted by Crippen LogP contribution is 2.43. The highest BCUT2D eigenvalue weighted by atomic mass is 16.5. The van der Waals surface area contributed by atoms with E-state index < -0.39 is 5.97 Å². The maximum atomic E-state index is 10.7. The number of aliphatic carboxylic acids is 1. The number of carbonyl (C=O) groups is 1. The van der Waals surface area contributed by atoms with Crippen LogP contribution in [0.1, 0.15) is 37.7 Å². The first kappa shape index (κ1) is 17.4. The van der Waals surface area contributed by atoms with Gasteiger partial charge in [-0.15, -0.1) is 0 Å². The van der Waals surface area contributed by atoms with Crippen LogP contribution in [0.25, 0.3) is 0 Å². The smallest absolute Gasteiger partial charge is 0.305 e. The van der Waals surface area contributed by atoms with Crippen LogP contribution in [-0.4, -0.2) is 64.3 Å². The molecule has 0 unspecified atom stereocenters. The summed E-state index contributed by atoms with van der Waals surface area (Å²) >= 11 is 0. The van der Waals surface area contributed by atoms with E-state index in [1.165, 1.54) is 0 Å². The van der Waals surface area contributed by atoms with E-state index in [2.05, 4.69) is 10.00 Å². The Morgan fingerprint density at radius 3 is 3.00 bits per heavy atom. The van der Waals surface area contributed by atoms with Crippen molar-refractivity contribution in [2.24, 2.45) is 0 Å². The molecule has 1 aliphatic heterocycles. The van der Waals surface area contributed by atoms with Gasteiger partial charge in [-0.05, 0) is 25.7 Å². The number of methoxy groups -OCH3 is 2. The summed E-state index contributed by atoms with van der Waals surface area (Å²) in [5, 5.41) is 13.0. The first-order valence-electron chi connectivity index (χ1n) is 8.61. The zero-order valence-corrected chi connectivity index (χ0v) is 14.5. The van der Waals surface area contributed by atoms with Crippen molar-refractivity contribution < 1.29 is 19.4 Å². The summed E-state index contributed by atoms with van der Waals surface area (Å²) in [5.41, 5.74) is 1.07. The summed E-state index contributed by atoms with van der Waals surface area (Å²) in [7, 11) is 3.61. The highest BCUT2D eigenvalue weighted by Gasteiger charge is 2.50. The second-order valence-corrected chi connectivity index (χ2v) is 6.89. The molecule has 0 bridgehead atoms. The summed E-state index contributed by atoms with van der Waals surface area (Å²) in [6, 6.07) is 0.364. The minimum Gasteiger partial charge on any atom is -0.481 e. The van der Waals surface area contributed by atoms with Gasteiger partial charge in [-0.3, -0.25) is 14.4 Å². The molecule has 2 aliphatic rings. The Morgan fingerprint density at radius 1 is 1.46 bits per heavy atom. The van der Waals surface area contributed by atoms with Gasteiger partial charge in [-0.1, -0.05) is 0 Å². The quantitative estimate of drug-likeness (QED) is 0.813. The van der Waals surface area contributed by atoms with Crippen molar-refractivity contribution in [2.75, 3.05) is 20.8 Å². The van der Waals surface area contributed by atoms with Crippen LogP contribution in [0.2, 0.25) is 0 Å². The Morgan fingerprint density at radius 2 is 2.29 bits per heavy atom. The van der Waals surface area contributed by atoms with Crippen LogP contribution in [-0.2, 0) is 27.4 Å². The number of rotatable bonds is 7. The largest absolute Gasteiger partial charge is 0.481 e. The predicted molar refractivity (Wildman–Crippen MR) is 87.7 cm³/mol. The van der Waals surface area contributed by atoms with Gasteiger partial charge in [0.05, 0.1) is 30.9 Å². The first-order valence-corrected chi connectivity index (χ1v) is 8.61. The van der Waals surface area contributed by atoms with Gasteiger partial charge in [0, 0.05) is 45.1 Å². The predicted octanol–water partition coefficient (Wildman–Crippen LogP) is 1.52. The summed E-state index contributed by atoms with van der Waals surface area (Å²) in [4.78, 5) is 13.1. The van der Waals surface area contributed by atoms with Crippen molar-refractivity contribution >= 4 is 5.97 Å². The zero-order valence-electron chi connectivity index (χ0n) is 14.5. The van der Waals surface area contributed by atoms with Crippen molar-refractivity contribution in [3.63, 3.8) is 0 Å². The van der Waals surface area contributed by atoms with E-state index in [4.69, 9.17) is 14.6 Å². The third-order valence-corrected chi connectivity index (χ3v) is 5.61. The normalized spacial score (nSPS) is 30.4. The molecule has 1 saturated carbocycles. The number of fused-ring (bicyclic) bond motifs is 1. The Bertz CT molecular complexity index is 576. The van der Waals surface area contributed by atoms with Crippen molar-refractivity contribution in [1.29, 1.82) is 0 Å². The van der Waals surface area contributed by atoms with Gasteiger partial charge >= 0.3 is 5.97 Å². The standard InChI is InChI=1S/C17H27N3O4/c1-23-14-3-5-17(24-2)6-8-19(15(17)9-14)11-13-10-18-20(12-13)7-4-16(21)22/h10,12,14-15H,3-9,11H2,1-2H3,(H,21,22)/t14-,15-,17+/m0/s1. The van der Waals surface area contributed by atoms with Crippen molar-refractivity contribution in [3.05, 3.63) is 18.0 Å². The number of carboxylic acids is 1. The fraction of sp³-hybridized carbons (Fsp3) is 0.765. The van der Waals surface area contributed by atoms with Crippen LogP contribution in [0.5, 0.6) is 0 Å². The van der Waals surface area contributed by atoms with E-state index in [-0.39, 0.29) is 12.0 Å². The molecule has 0 amide bonds. The molecule has 7 heteroatoms. The Labute approximate surface area is 142 Å². The second-order valence-electron chi connectivity index (χ2n) is 6.89. The molecule has 2 fully saturated rings. The van der Waals surface area contributed by atoms with Gasteiger partial charge in [0.2, 0.25) is 0 Å². The molecule has 1 aliphatic carbocycles. The number of hydrogen-bond acceptors (Lipinski definition) is 5. The number of aryl methyl sites for hydroxylation is 1. The molecule has 1 aromatic heterocycles. The maximum absolute atomic E-state index is 10.7. The molecule has 0 radical (unpaired) electrons. The molecular weight excluding hydrogens is 310 g/mol. The van der Waals surface area contributed by atoms with Crippen molar-refractivity contribution in [1.82, 2.24) is 14.7 Å². The van der Waals surface area contributed by atoms with Crippen LogP contribution in [0, 0.1) is 0 Å². The lowest BCUT2D eigenvalue weighted by Crippen LogP contribution is -2.51. The summed E-state index contributed by atoms with van der Waals surface area (Å²) in [6.45, 7) is 2.24. The van der Waals surface area contributed by atoms with E-state index in [0.29, 0.717) is 18.7 Å². The Hall–Kier alpha value is -1.44. The third kappa shape index (κ3) is 3.48. The SMILES string of the molecule is CO[C@H]1CC[C@@]2(OC)CCN(Cc3cnn(CCC(=O)O)c3)[C@H]2C1. The van der Waals surface area contributed by atoms with Crippen molar-refractivity contribution in [3.8, 4) is 0 Å². The number of hydrogen-bond donors (Lipinski definition) is 1. The zero-order chi connectivity index (χ0) is 17.2.